The van der Waals surface area contributed by atoms with Crippen molar-refractivity contribution in [1.82, 2.24) is 15.5 Å². The lowest BCUT2D eigenvalue weighted by Crippen LogP contribution is -2.47. The molecule has 4 amide bonds. The van der Waals surface area contributed by atoms with Crippen molar-refractivity contribution < 1.29 is 23.7 Å². The van der Waals surface area contributed by atoms with Gasteiger partial charge in [-0.2, -0.15) is 0 Å². The first-order valence-corrected chi connectivity index (χ1v) is 10.4. The fourth-order valence-corrected chi connectivity index (χ4v) is 3.57. The fraction of sp³-hybridized carbons (Fsp3) is 0.318. The molecule has 0 aliphatic carbocycles. The Hall–Kier alpha value is -4.02. The summed E-state index contributed by atoms with van der Waals surface area (Å²) in [6, 6.07) is 10.4. The summed E-state index contributed by atoms with van der Waals surface area (Å²) in [7, 11) is 0. The van der Waals surface area contributed by atoms with Crippen molar-refractivity contribution in [3.63, 3.8) is 0 Å². The van der Waals surface area contributed by atoms with Crippen molar-refractivity contribution in [2.45, 2.75) is 12.8 Å². The van der Waals surface area contributed by atoms with E-state index in [1.807, 2.05) is 0 Å². The minimum Gasteiger partial charge on any atom is -0.343 e. The predicted molar refractivity (Wildman–Crippen MR) is 118 cm³/mol. The molecule has 2 aromatic rings. The molecule has 0 saturated carbocycles. The van der Waals surface area contributed by atoms with Gasteiger partial charge in [-0.05, 0) is 43.0 Å². The van der Waals surface area contributed by atoms with E-state index < -0.39 is 22.7 Å². The standard InChI is InChI=1S/C22H24FN5O5/c23-17-6-2-7-18(11-17)26-22(31)25-12-15-4-3-9-27(14-15)20(29)13-24-21(30)16-5-1-8-19(10-16)28(32)33/h1-2,5-8,10-11,15H,3-4,9,12-14H2,(H,24,30)(H2,25,26,31). The van der Waals surface area contributed by atoms with Gasteiger partial charge < -0.3 is 20.9 Å². The Labute approximate surface area is 189 Å². The minimum absolute atomic E-state index is 0.0356. The van der Waals surface area contributed by atoms with Crippen LogP contribution >= 0.6 is 0 Å². The molecule has 10 nitrogen and oxygen atoms in total. The Kier molecular flexibility index (Phi) is 7.90. The Morgan fingerprint density at radius 3 is 2.67 bits per heavy atom. The van der Waals surface area contributed by atoms with E-state index in [2.05, 4.69) is 16.0 Å². The van der Waals surface area contributed by atoms with Gasteiger partial charge in [0.25, 0.3) is 11.6 Å². The number of benzene rings is 2. The van der Waals surface area contributed by atoms with Gasteiger partial charge in [-0.3, -0.25) is 19.7 Å². The molecule has 11 heteroatoms. The summed E-state index contributed by atoms with van der Waals surface area (Å²) in [6.45, 7) is 1.07. The van der Waals surface area contributed by atoms with E-state index in [1.54, 1.807) is 11.0 Å². The number of nitrogens with one attached hydrogen (secondary N) is 3. The Morgan fingerprint density at radius 1 is 1.12 bits per heavy atom. The van der Waals surface area contributed by atoms with Crippen LogP contribution in [0.4, 0.5) is 20.6 Å². The van der Waals surface area contributed by atoms with Gasteiger partial charge in [-0.25, -0.2) is 9.18 Å². The van der Waals surface area contributed by atoms with Crippen LogP contribution in [0.15, 0.2) is 48.5 Å². The van der Waals surface area contributed by atoms with Gasteiger partial charge in [0.05, 0.1) is 11.5 Å². The van der Waals surface area contributed by atoms with Gasteiger partial charge >= 0.3 is 6.03 Å². The number of hydrogen-bond acceptors (Lipinski definition) is 5. The lowest BCUT2D eigenvalue weighted by molar-refractivity contribution is -0.384. The number of carbonyl (C=O) groups excluding carboxylic acids is 3. The third-order valence-corrected chi connectivity index (χ3v) is 5.22. The second-order valence-corrected chi connectivity index (χ2v) is 7.68. The van der Waals surface area contributed by atoms with Crippen molar-refractivity contribution in [1.29, 1.82) is 0 Å². The van der Waals surface area contributed by atoms with E-state index >= 15 is 0 Å². The number of nitrogens with zero attached hydrogens (tertiary/aromatic N) is 2. The number of amides is 4. The number of anilines is 1. The van der Waals surface area contributed by atoms with Gasteiger partial charge in [0.2, 0.25) is 5.91 Å². The second-order valence-electron chi connectivity index (χ2n) is 7.68. The molecular weight excluding hydrogens is 433 g/mol. The normalized spacial score (nSPS) is 15.4. The number of hydrogen-bond donors (Lipinski definition) is 3. The molecule has 0 aromatic heterocycles. The van der Waals surface area contributed by atoms with Crippen LogP contribution in [0, 0.1) is 21.8 Å². The monoisotopic (exact) mass is 457 g/mol. The predicted octanol–water partition coefficient (Wildman–Crippen LogP) is 2.52. The van der Waals surface area contributed by atoms with Crippen LogP contribution < -0.4 is 16.0 Å². The molecule has 1 unspecified atom stereocenters. The number of urea groups is 1. The molecule has 3 N–H and O–H groups in total. The smallest absolute Gasteiger partial charge is 0.319 e. The van der Waals surface area contributed by atoms with Crippen LogP contribution in [-0.4, -0.2) is 53.8 Å². The molecule has 1 atom stereocenters. The number of halogens is 1. The molecule has 1 heterocycles. The third kappa shape index (κ3) is 6.99. The summed E-state index contributed by atoms with van der Waals surface area (Å²) >= 11 is 0. The molecule has 2 aromatic carbocycles. The van der Waals surface area contributed by atoms with Crippen molar-refractivity contribution in [2.24, 2.45) is 5.92 Å². The maximum absolute atomic E-state index is 13.2. The highest BCUT2D eigenvalue weighted by Crippen LogP contribution is 2.16. The third-order valence-electron chi connectivity index (χ3n) is 5.22. The molecule has 1 aliphatic heterocycles. The summed E-state index contributed by atoms with van der Waals surface area (Å²) in [4.78, 5) is 48.7. The van der Waals surface area contributed by atoms with Crippen molar-refractivity contribution >= 4 is 29.2 Å². The van der Waals surface area contributed by atoms with Gasteiger partial charge in [0.15, 0.2) is 0 Å². The quantitative estimate of drug-likeness (QED) is 0.434. The van der Waals surface area contributed by atoms with E-state index in [9.17, 15) is 28.9 Å². The number of carbonyl (C=O) groups is 3. The lowest BCUT2D eigenvalue weighted by Gasteiger charge is -2.33. The van der Waals surface area contributed by atoms with Crippen molar-refractivity contribution in [3.8, 4) is 0 Å². The van der Waals surface area contributed by atoms with E-state index in [-0.39, 0.29) is 29.6 Å². The molecule has 1 saturated heterocycles. The highest BCUT2D eigenvalue weighted by atomic mass is 19.1. The zero-order valence-corrected chi connectivity index (χ0v) is 17.8. The molecule has 174 valence electrons. The van der Waals surface area contributed by atoms with E-state index in [4.69, 9.17) is 0 Å². The first kappa shape index (κ1) is 23.6. The van der Waals surface area contributed by atoms with Crippen molar-refractivity contribution in [3.05, 3.63) is 70.0 Å². The average Bonchev–Trinajstić information content (AvgIpc) is 2.81. The van der Waals surface area contributed by atoms with Crippen LogP contribution in [-0.2, 0) is 4.79 Å². The first-order valence-electron chi connectivity index (χ1n) is 10.4. The highest BCUT2D eigenvalue weighted by molar-refractivity contribution is 5.97. The SMILES string of the molecule is O=C(NCC1CCCN(C(=O)CNC(=O)c2cccc([N+](=O)[O-])c2)C1)Nc1cccc(F)c1. The highest BCUT2D eigenvalue weighted by Gasteiger charge is 2.24. The largest absolute Gasteiger partial charge is 0.343 e. The van der Waals surface area contributed by atoms with Gasteiger partial charge in [0.1, 0.15) is 5.82 Å². The van der Waals surface area contributed by atoms with Crippen molar-refractivity contribution in [2.75, 3.05) is 31.5 Å². The van der Waals surface area contributed by atoms with Crippen LogP contribution in [0.1, 0.15) is 23.2 Å². The number of likely N-dealkylation sites (tertiary alicyclic amines) is 1. The molecule has 0 bridgehead atoms. The molecule has 1 aliphatic rings. The Balaban J connectivity index is 1.44. The lowest BCUT2D eigenvalue weighted by atomic mass is 9.98. The number of nitro groups is 1. The molecule has 3 rings (SSSR count). The van der Waals surface area contributed by atoms with Gasteiger partial charge in [-0.15, -0.1) is 0 Å². The minimum atomic E-state index is -0.595. The summed E-state index contributed by atoms with van der Waals surface area (Å²) in [5, 5.41) is 18.6. The zero-order chi connectivity index (χ0) is 23.8. The topological polar surface area (TPSA) is 134 Å². The summed E-state index contributed by atoms with van der Waals surface area (Å²) < 4.78 is 13.2. The van der Waals surface area contributed by atoms with E-state index in [1.165, 1.54) is 36.4 Å². The van der Waals surface area contributed by atoms with Gasteiger partial charge in [0, 0.05) is 43.0 Å². The number of piperidine rings is 1. The average molecular weight is 457 g/mol. The maximum Gasteiger partial charge on any atom is 0.319 e. The van der Waals surface area contributed by atoms with E-state index in [0.29, 0.717) is 25.3 Å². The van der Waals surface area contributed by atoms with Crippen LogP contribution in [0.5, 0.6) is 0 Å². The summed E-state index contributed by atoms with van der Waals surface area (Å²) in [6.07, 6.45) is 1.58. The van der Waals surface area contributed by atoms with Crippen LogP contribution in [0.2, 0.25) is 0 Å². The summed E-state index contributed by atoms with van der Waals surface area (Å²) in [5.74, 6) is -1.26. The molecular formula is C22H24FN5O5. The fourth-order valence-electron chi connectivity index (χ4n) is 3.57. The summed E-state index contributed by atoms with van der Waals surface area (Å²) in [5.41, 5.74) is 0.233. The molecule has 0 radical (unpaired) electrons. The number of nitro benzene ring substituents is 1. The van der Waals surface area contributed by atoms with Crippen LogP contribution in [0.25, 0.3) is 0 Å². The second kappa shape index (κ2) is 11.0. The maximum atomic E-state index is 13.2. The number of rotatable bonds is 7. The Bertz CT molecular complexity index is 1050. The molecule has 1 fully saturated rings. The number of non-ortho nitro benzene ring substituents is 1. The first-order chi connectivity index (χ1) is 15.8. The Morgan fingerprint density at radius 2 is 1.91 bits per heavy atom. The molecule has 0 spiro atoms. The van der Waals surface area contributed by atoms with Crippen LogP contribution in [0.3, 0.4) is 0 Å². The zero-order valence-electron chi connectivity index (χ0n) is 17.8. The van der Waals surface area contributed by atoms with Gasteiger partial charge in [-0.1, -0.05) is 12.1 Å². The molecule has 33 heavy (non-hydrogen) atoms. The van der Waals surface area contributed by atoms with E-state index in [0.717, 1.165) is 18.9 Å².